The Balaban J connectivity index is 1.95. The molecule has 0 aliphatic carbocycles. The minimum atomic E-state index is 0.801. The van der Waals surface area contributed by atoms with Crippen molar-refractivity contribution in [1.29, 1.82) is 0 Å². The summed E-state index contributed by atoms with van der Waals surface area (Å²) in [5.74, 6) is 0. The van der Waals surface area contributed by atoms with Crippen LogP contribution in [0.3, 0.4) is 0 Å². The maximum Gasteiger partial charge on any atom is 0.150 e. The Morgan fingerprint density at radius 1 is 0.850 bits per heavy atom. The van der Waals surface area contributed by atoms with E-state index in [-0.39, 0.29) is 0 Å². The van der Waals surface area contributed by atoms with Gasteiger partial charge in [0.25, 0.3) is 0 Å². The lowest BCUT2D eigenvalue weighted by Gasteiger charge is -2.03. The van der Waals surface area contributed by atoms with Gasteiger partial charge in [0, 0.05) is 5.56 Å². The molecule has 0 atom stereocenters. The normalized spacial score (nSPS) is 10.7. The van der Waals surface area contributed by atoms with E-state index in [0.717, 1.165) is 18.3 Å². The molecule has 0 fully saturated rings. The fourth-order valence-electron chi connectivity index (χ4n) is 2.64. The van der Waals surface area contributed by atoms with Crippen molar-refractivity contribution >= 4 is 6.29 Å². The first-order valence-corrected chi connectivity index (χ1v) is 8.41. The van der Waals surface area contributed by atoms with Gasteiger partial charge in [-0.25, -0.2) is 0 Å². The van der Waals surface area contributed by atoms with Crippen LogP contribution in [-0.4, -0.2) is 6.29 Å². The van der Waals surface area contributed by atoms with E-state index in [4.69, 9.17) is 0 Å². The summed E-state index contributed by atoms with van der Waals surface area (Å²) in [6.45, 7) is 2.27. The highest BCUT2D eigenvalue weighted by Crippen LogP contribution is 2.13. The zero-order valence-electron chi connectivity index (χ0n) is 13.1. The molecule has 0 aromatic heterocycles. The second kappa shape index (κ2) is 11.7. The Morgan fingerprint density at radius 3 is 2.05 bits per heavy atom. The molecule has 0 spiro atoms. The highest BCUT2D eigenvalue weighted by molar-refractivity contribution is 5.74. The van der Waals surface area contributed by atoms with E-state index in [0.29, 0.717) is 0 Å². The monoisotopic (exact) mass is 274 g/mol. The Bertz CT molecular complexity index is 357. The van der Waals surface area contributed by atoms with Crippen LogP contribution in [0, 0.1) is 0 Å². The molecule has 0 radical (unpaired) electrons. The minimum Gasteiger partial charge on any atom is -0.298 e. The molecule has 1 aromatic carbocycles. The highest BCUT2D eigenvalue weighted by atomic mass is 16.1. The van der Waals surface area contributed by atoms with Gasteiger partial charge in [-0.1, -0.05) is 82.9 Å². The Kier molecular flexibility index (Phi) is 9.91. The van der Waals surface area contributed by atoms with Gasteiger partial charge in [0.05, 0.1) is 0 Å². The molecule has 0 heterocycles. The lowest BCUT2D eigenvalue weighted by atomic mass is 10.0. The number of unbranched alkanes of at least 4 members (excludes halogenated alkanes) is 9. The molecule has 1 aromatic rings. The number of benzene rings is 1. The third-order valence-corrected chi connectivity index (χ3v) is 3.91. The van der Waals surface area contributed by atoms with Gasteiger partial charge in [-0.05, 0) is 24.5 Å². The first kappa shape index (κ1) is 16.9. The van der Waals surface area contributed by atoms with E-state index in [1.54, 1.807) is 0 Å². The quantitative estimate of drug-likeness (QED) is 0.339. The van der Waals surface area contributed by atoms with Crippen molar-refractivity contribution in [2.75, 3.05) is 0 Å². The van der Waals surface area contributed by atoms with Crippen LogP contribution in [-0.2, 0) is 6.42 Å². The maximum atomic E-state index is 10.7. The Morgan fingerprint density at radius 2 is 1.45 bits per heavy atom. The zero-order chi connectivity index (χ0) is 14.5. The lowest BCUT2D eigenvalue weighted by Crippen LogP contribution is -1.88. The molecule has 1 rings (SSSR count). The molecule has 0 amide bonds. The van der Waals surface area contributed by atoms with Crippen LogP contribution in [0.4, 0.5) is 0 Å². The molecule has 0 N–H and O–H groups in total. The number of carbonyl (C=O) groups excluding carboxylic acids is 1. The summed E-state index contributed by atoms with van der Waals surface area (Å²) in [5, 5.41) is 0. The van der Waals surface area contributed by atoms with Gasteiger partial charge in [0.1, 0.15) is 6.29 Å². The van der Waals surface area contributed by atoms with Crippen LogP contribution in [0.1, 0.15) is 87.1 Å². The predicted octanol–water partition coefficient (Wildman–Crippen LogP) is 5.96. The topological polar surface area (TPSA) is 17.1 Å². The summed E-state index contributed by atoms with van der Waals surface area (Å²) < 4.78 is 0. The molecule has 0 aliphatic heterocycles. The van der Waals surface area contributed by atoms with E-state index in [1.807, 2.05) is 18.2 Å². The molecule has 0 aliphatic rings. The molecule has 0 saturated heterocycles. The van der Waals surface area contributed by atoms with Crippen molar-refractivity contribution in [1.82, 2.24) is 0 Å². The van der Waals surface area contributed by atoms with Crippen LogP contribution < -0.4 is 0 Å². The zero-order valence-corrected chi connectivity index (χ0v) is 13.1. The fraction of sp³-hybridized carbons (Fsp3) is 0.632. The van der Waals surface area contributed by atoms with E-state index in [2.05, 4.69) is 13.0 Å². The van der Waals surface area contributed by atoms with Crippen LogP contribution >= 0.6 is 0 Å². The Hall–Kier alpha value is -1.11. The van der Waals surface area contributed by atoms with Crippen molar-refractivity contribution < 1.29 is 4.79 Å². The molecule has 1 nitrogen and oxygen atoms in total. The second-order valence-corrected chi connectivity index (χ2v) is 5.79. The first-order valence-electron chi connectivity index (χ1n) is 8.41. The molecular weight excluding hydrogens is 244 g/mol. The summed E-state index contributed by atoms with van der Waals surface area (Å²) in [5.41, 5.74) is 2.10. The van der Waals surface area contributed by atoms with Gasteiger partial charge in [-0.3, -0.25) is 4.79 Å². The summed E-state index contributed by atoms with van der Waals surface area (Å²) in [6, 6.07) is 7.99. The second-order valence-electron chi connectivity index (χ2n) is 5.79. The maximum absolute atomic E-state index is 10.7. The van der Waals surface area contributed by atoms with Crippen molar-refractivity contribution in [3.8, 4) is 0 Å². The standard InChI is InChI=1S/C19H30O/c1-2-3-4-5-6-7-8-9-10-11-13-18-14-12-15-19(16-18)17-20/h12,14-17H,2-11,13H2,1H3. The highest BCUT2D eigenvalue weighted by Gasteiger charge is 1.96. The average Bonchev–Trinajstić information content (AvgIpc) is 2.49. The van der Waals surface area contributed by atoms with E-state index in [1.165, 1.54) is 69.8 Å². The number of rotatable bonds is 12. The van der Waals surface area contributed by atoms with Gasteiger partial charge in [-0.15, -0.1) is 0 Å². The van der Waals surface area contributed by atoms with Crippen molar-refractivity contribution in [3.63, 3.8) is 0 Å². The summed E-state index contributed by atoms with van der Waals surface area (Å²) >= 11 is 0. The number of aldehydes is 1. The molecule has 1 heteroatoms. The number of aryl methyl sites for hydroxylation is 1. The predicted molar refractivity (Wildman–Crippen MR) is 87.4 cm³/mol. The SMILES string of the molecule is CCCCCCCCCCCCc1cccc(C=O)c1. The summed E-state index contributed by atoms with van der Waals surface area (Å²) in [7, 11) is 0. The van der Waals surface area contributed by atoms with Crippen LogP contribution in [0.5, 0.6) is 0 Å². The van der Waals surface area contributed by atoms with Crippen LogP contribution in [0.15, 0.2) is 24.3 Å². The van der Waals surface area contributed by atoms with E-state index < -0.39 is 0 Å². The number of hydrogen-bond acceptors (Lipinski definition) is 1. The van der Waals surface area contributed by atoms with Crippen molar-refractivity contribution in [3.05, 3.63) is 35.4 Å². The fourth-order valence-corrected chi connectivity index (χ4v) is 2.64. The molecule has 0 bridgehead atoms. The minimum absolute atomic E-state index is 0.801. The number of hydrogen-bond donors (Lipinski definition) is 0. The van der Waals surface area contributed by atoms with Crippen LogP contribution in [0.25, 0.3) is 0 Å². The summed E-state index contributed by atoms with van der Waals surface area (Å²) in [4.78, 5) is 10.7. The van der Waals surface area contributed by atoms with Gasteiger partial charge in [0.2, 0.25) is 0 Å². The van der Waals surface area contributed by atoms with Gasteiger partial charge in [-0.2, -0.15) is 0 Å². The first-order chi connectivity index (χ1) is 9.86. The van der Waals surface area contributed by atoms with Gasteiger partial charge < -0.3 is 0 Å². The third-order valence-electron chi connectivity index (χ3n) is 3.91. The van der Waals surface area contributed by atoms with Gasteiger partial charge >= 0.3 is 0 Å². The van der Waals surface area contributed by atoms with E-state index in [9.17, 15) is 4.79 Å². The van der Waals surface area contributed by atoms with E-state index >= 15 is 0 Å². The summed E-state index contributed by atoms with van der Waals surface area (Å²) in [6.07, 6.45) is 15.8. The molecule has 0 unspecified atom stereocenters. The largest absolute Gasteiger partial charge is 0.298 e. The van der Waals surface area contributed by atoms with Crippen molar-refractivity contribution in [2.45, 2.75) is 77.6 Å². The average molecular weight is 274 g/mol. The van der Waals surface area contributed by atoms with Crippen LogP contribution in [0.2, 0.25) is 0 Å². The van der Waals surface area contributed by atoms with Crippen molar-refractivity contribution in [2.24, 2.45) is 0 Å². The third kappa shape index (κ3) is 8.14. The smallest absolute Gasteiger partial charge is 0.150 e. The lowest BCUT2D eigenvalue weighted by molar-refractivity contribution is 0.112. The Labute approximate surface area is 124 Å². The number of carbonyl (C=O) groups is 1. The molecule has 0 saturated carbocycles. The molecule has 112 valence electrons. The molecular formula is C19H30O. The molecule has 20 heavy (non-hydrogen) atoms. The van der Waals surface area contributed by atoms with Gasteiger partial charge in [0.15, 0.2) is 0 Å².